The van der Waals surface area contributed by atoms with Crippen LogP contribution in [0.5, 0.6) is 0 Å². The van der Waals surface area contributed by atoms with Crippen LogP contribution in [0.4, 0.5) is 5.95 Å². The Labute approximate surface area is 107 Å². The van der Waals surface area contributed by atoms with Gasteiger partial charge in [0.15, 0.2) is 0 Å². The van der Waals surface area contributed by atoms with Gasteiger partial charge in [0, 0.05) is 13.6 Å². The molecule has 0 radical (unpaired) electrons. The molecule has 1 rings (SSSR count). The SMILES string of the molecule is CN(CC(C)(C)C)S(=O)(=O)c1cnc(NN)nc1. The van der Waals surface area contributed by atoms with Crippen LogP contribution in [0.1, 0.15) is 20.8 Å². The summed E-state index contributed by atoms with van der Waals surface area (Å²) in [5.41, 5.74) is 2.12. The normalized spacial score (nSPS) is 12.8. The maximum absolute atomic E-state index is 12.2. The number of sulfonamides is 1. The quantitative estimate of drug-likeness (QED) is 0.609. The van der Waals surface area contributed by atoms with E-state index in [1.54, 1.807) is 0 Å². The fraction of sp³-hybridized carbons (Fsp3) is 0.600. The molecule has 0 spiro atoms. The van der Waals surface area contributed by atoms with Crippen LogP contribution in [0.2, 0.25) is 0 Å². The molecule has 0 bridgehead atoms. The molecule has 3 N–H and O–H groups in total. The maximum Gasteiger partial charge on any atom is 0.245 e. The number of aromatic nitrogens is 2. The lowest BCUT2D eigenvalue weighted by molar-refractivity contribution is 0.310. The first-order valence-corrected chi connectivity index (χ1v) is 6.86. The largest absolute Gasteiger partial charge is 0.292 e. The van der Waals surface area contributed by atoms with Gasteiger partial charge in [0.1, 0.15) is 4.90 Å². The average Bonchev–Trinajstić information content (AvgIpc) is 2.27. The molecule has 0 atom stereocenters. The number of nitrogens with two attached hydrogens (primary N) is 1. The molecule has 0 aliphatic carbocycles. The van der Waals surface area contributed by atoms with Crippen molar-refractivity contribution in [2.75, 3.05) is 19.0 Å². The minimum Gasteiger partial charge on any atom is -0.292 e. The Kier molecular flexibility index (Phi) is 4.25. The Balaban J connectivity index is 2.98. The molecular weight excluding hydrogens is 254 g/mol. The van der Waals surface area contributed by atoms with Crippen LogP contribution in [0, 0.1) is 5.41 Å². The van der Waals surface area contributed by atoms with Gasteiger partial charge in [0.25, 0.3) is 0 Å². The first-order valence-electron chi connectivity index (χ1n) is 5.42. The fourth-order valence-corrected chi connectivity index (χ4v) is 2.75. The van der Waals surface area contributed by atoms with Gasteiger partial charge in [0.05, 0.1) is 12.4 Å². The van der Waals surface area contributed by atoms with Crippen molar-refractivity contribution in [1.29, 1.82) is 0 Å². The van der Waals surface area contributed by atoms with Gasteiger partial charge in [-0.1, -0.05) is 20.8 Å². The molecule has 0 aliphatic rings. The Hall–Kier alpha value is -1.25. The third-order valence-electron chi connectivity index (χ3n) is 2.16. The van der Waals surface area contributed by atoms with Crippen LogP contribution in [0.15, 0.2) is 17.3 Å². The first kappa shape index (κ1) is 14.8. The molecule has 0 amide bonds. The molecule has 1 heterocycles. The lowest BCUT2D eigenvalue weighted by Gasteiger charge is -2.25. The van der Waals surface area contributed by atoms with Gasteiger partial charge in [-0.15, -0.1) is 0 Å². The van der Waals surface area contributed by atoms with E-state index in [0.29, 0.717) is 6.54 Å². The summed E-state index contributed by atoms with van der Waals surface area (Å²) in [6.45, 7) is 6.32. The Bertz CT molecular complexity index is 492. The van der Waals surface area contributed by atoms with Crippen molar-refractivity contribution in [3.05, 3.63) is 12.4 Å². The predicted octanol–water partition coefficient (Wildman–Crippen LogP) is 0.429. The van der Waals surface area contributed by atoms with Gasteiger partial charge < -0.3 is 0 Å². The van der Waals surface area contributed by atoms with Gasteiger partial charge in [0.2, 0.25) is 16.0 Å². The molecule has 18 heavy (non-hydrogen) atoms. The van der Waals surface area contributed by atoms with Crippen LogP contribution in [0.25, 0.3) is 0 Å². The summed E-state index contributed by atoms with van der Waals surface area (Å²) in [6.07, 6.45) is 2.47. The summed E-state index contributed by atoms with van der Waals surface area (Å²) in [5.74, 6) is 5.29. The summed E-state index contributed by atoms with van der Waals surface area (Å²) in [6, 6.07) is 0. The van der Waals surface area contributed by atoms with Crippen LogP contribution in [-0.2, 0) is 10.0 Å². The monoisotopic (exact) mass is 273 g/mol. The summed E-state index contributed by atoms with van der Waals surface area (Å²) in [5, 5.41) is 0. The number of rotatable bonds is 4. The van der Waals surface area contributed by atoms with Crippen LogP contribution in [0.3, 0.4) is 0 Å². The molecule has 0 saturated carbocycles. The number of nitrogen functional groups attached to an aromatic ring is 1. The molecule has 0 fully saturated rings. The third kappa shape index (κ3) is 3.62. The standard InChI is InChI=1S/C10H19N5O2S/c1-10(2,3)7-15(4)18(16,17)8-5-12-9(14-11)13-6-8/h5-6H,7,11H2,1-4H3,(H,12,13,14). The molecule has 102 valence electrons. The summed E-state index contributed by atoms with van der Waals surface area (Å²) in [7, 11) is -2.02. The van der Waals surface area contributed by atoms with Crippen molar-refractivity contribution >= 4 is 16.0 Å². The van der Waals surface area contributed by atoms with Gasteiger partial charge in [-0.25, -0.2) is 28.5 Å². The first-order chi connectivity index (χ1) is 8.16. The number of hydrogen-bond donors (Lipinski definition) is 2. The van der Waals surface area contributed by atoms with Crippen molar-refractivity contribution in [2.24, 2.45) is 11.3 Å². The molecule has 0 aromatic carbocycles. The van der Waals surface area contributed by atoms with Crippen molar-refractivity contribution < 1.29 is 8.42 Å². The van der Waals surface area contributed by atoms with E-state index in [0.717, 1.165) is 0 Å². The Morgan fingerprint density at radius 1 is 1.33 bits per heavy atom. The number of nitrogens with zero attached hydrogens (tertiary/aromatic N) is 3. The summed E-state index contributed by atoms with van der Waals surface area (Å²) in [4.78, 5) is 7.63. The number of anilines is 1. The van der Waals surface area contributed by atoms with E-state index in [4.69, 9.17) is 5.84 Å². The molecule has 7 nitrogen and oxygen atoms in total. The molecule has 1 aromatic heterocycles. The minimum absolute atomic E-state index is 0.0493. The van der Waals surface area contributed by atoms with Crippen molar-refractivity contribution in [3.63, 3.8) is 0 Å². The highest BCUT2D eigenvalue weighted by molar-refractivity contribution is 7.89. The summed E-state index contributed by atoms with van der Waals surface area (Å²) >= 11 is 0. The van der Waals surface area contributed by atoms with E-state index in [1.165, 1.54) is 23.7 Å². The molecular formula is C10H19N5O2S. The zero-order valence-corrected chi connectivity index (χ0v) is 11.8. The second kappa shape index (κ2) is 5.17. The Morgan fingerprint density at radius 3 is 2.22 bits per heavy atom. The lowest BCUT2D eigenvalue weighted by Crippen LogP contribution is -2.34. The van der Waals surface area contributed by atoms with Crippen molar-refractivity contribution in [3.8, 4) is 0 Å². The van der Waals surface area contributed by atoms with Crippen LogP contribution in [-0.4, -0.2) is 36.3 Å². The average molecular weight is 273 g/mol. The van der Waals surface area contributed by atoms with Crippen LogP contribution < -0.4 is 11.3 Å². The van der Waals surface area contributed by atoms with E-state index >= 15 is 0 Å². The zero-order valence-electron chi connectivity index (χ0n) is 11.0. The van der Waals surface area contributed by atoms with Gasteiger partial charge in [-0.3, -0.25) is 5.43 Å². The molecule has 8 heteroatoms. The van der Waals surface area contributed by atoms with Crippen molar-refractivity contribution in [1.82, 2.24) is 14.3 Å². The van der Waals surface area contributed by atoms with Gasteiger partial charge in [-0.2, -0.15) is 0 Å². The van der Waals surface area contributed by atoms with E-state index in [9.17, 15) is 8.42 Å². The number of nitrogens with one attached hydrogen (secondary N) is 1. The minimum atomic E-state index is -3.56. The molecule has 1 aromatic rings. The predicted molar refractivity (Wildman–Crippen MR) is 69.1 cm³/mol. The highest BCUT2D eigenvalue weighted by atomic mass is 32.2. The second-order valence-corrected chi connectivity index (χ2v) is 7.25. The van der Waals surface area contributed by atoms with E-state index in [-0.39, 0.29) is 16.3 Å². The molecule has 0 unspecified atom stereocenters. The highest BCUT2D eigenvalue weighted by Crippen LogP contribution is 2.20. The number of hydrazine groups is 1. The summed E-state index contributed by atoms with van der Waals surface area (Å²) < 4.78 is 25.7. The van der Waals surface area contributed by atoms with E-state index in [1.807, 2.05) is 20.8 Å². The second-order valence-electron chi connectivity index (χ2n) is 5.21. The molecule has 0 aliphatic heterocycles. The van der Waals surface area contributed by atoms with E-state index < -0.39 is 10.0 Å². The fourth-order valence-electron chi connectivity index (χ4n) is 1.46. The highest BCUT2D eigenvalue weighted by Gasteiger charge is 2.25. The maximum atomic E-state index is 12.2. The third-order valence-corrected chi connectivity index (χ3v) is 3.92. The smallest absolute Gasteiger partial charge is 0.245 e. The topological polar surface area (TPSA) is 101 Å². The lowest BCUT2D eigenvalue weighted by atomic mass is 9.97. The Morgan fingerprint density at radius 2 is 1.83 bits per heavy atom. The van der Waals surface area contributed by atoms with Crippen molar-refractivity contribution in [2.45, 2.75) is 25.7 Å². The zero-order chi connectivity index (χ0) is 14.0. The van der Waals surface area contributed by atoms with Crippen LogP contribution >= 0.6 is 0 Å². The number of hydrogen-bond acceptors (Lipinski definition) is 6. The van der Waals surface area contributed by atoms with Gasteiger partial charge in [-0.05, 0) is 5.41 Å². The molecule has 0 saturated heterocycles. The van der Waals surface area contributed by atoms with Gasteiger partial charge >= 0.3 is 0 Å². The van der Waals surface area contributed by atoms with E-state index in [2.05, 4.69) is 15.4 Å².